The van der Waals surface area contributed by atoms with Crippen molar-refractivity contribution in [3.8, 4) is 5.75 Å². The molecular formula is C12H14ClNO4. The second-order valence-corrected chi connectivity index (χ2v) is 4.46. The van der Waals surface area contributed by atoms with Crippen molar-refractivity contribution in [3.05, 3.63) is 23.8 Å². The minimum absolute atomic E-state index is 0.0101. The van der Waals surface area contributed by atoms with E-state index in [0.29, 0.717) is 23.4 Å². The van der Waals surface area contributed by atoms with Gasteiger partial charge in [0.15, 0.2) is 6.61 Å². The molecule has 5 nitrogen and oxygen atoms in total. The average molecular weight is 272 g/mol. The Morgan fingerprint density at radius 2 is 2.22 bits per heavy atom. The van der Waals surface area contributed by atoms with Crippen molar-refractivity contribution in [1.82, 2.24) is 0 Å². The van der Waals surface area contributed by atoms with Crippen LogP contribution >= 0.6 is 11.6 Å². The van der Waals surface area contributed by atoms with E-state index < -0.39 is 12.2 Å². The Labute approximate surface area is 109 Å². The number of benzene rings is 1. The molecule has 2 atom stereocenters. The third-order valence-corrected chi connectivity index (χ3v) is 2.97. The van der Waals surface area contributed by atoms with E-state index in [0.717, 1.165) is 0 Å². The van der Waals surface area contributed by atoms with E-state index in [-0.39, 0.29) is 18.4 Å². The largest absolute Gasteiger partial charge is 0.482 e. The highest BCUT2D eigenvalue weighted by Crippen LogP contribution is 2.31. The SMILES string of the molecule is O=C1COc2ccc(C(O)C(O)CCCl)cc2N1. The lowest BCUT2D eigenvalue weighted by Crippen LogP contribution is -2.26. The number of fused-ring (bicyclic) bond motifs is 1. The van der Waals surface area contributed by atoms with Gasteiger partial charge in [-0.2, -0.15) is 0 Å². The summed E-state index contributed by atoms with van der Waals surface area (Å²) in [7, 11) is 0. The highest BCUT2D eigenvalue weighted by molar-refractivity contribution is 6.17. The van der Waals surface area contributed by atoms with Gasteiger partial charge in [-0.05, 0) is 24.1 Å². The fraction of sp³-hybridized carbons (Fsp3) is 0.417. The Balaban J connectivity index is 2.20. The van der Waals surface area contributed by atoms with Crippen molar-refractivity contribution in [2.45, 2.75) is 18.6 Å². The zero-order valence-corrected chi connectivity index (χ0v) is 10.4. The van der Waals surface area contributed by atoms with Crippen molar-refractivity contribution in [2.24, 2.45) is 0 Å². The van der Waals surface area contributed by atoms with Crippen LogP contribution in [0.3, 0.4) is 0 Å². The molecule has 98 valence electrons. The lowest BCUT2D eigenvalue weighted by atomic mass is 10.0. The zero-order valence-electron chi connectivity index (χ0n) is 9.60. The van der Waals surface area contributed by atoms with Crippen LogP contribution in [0.25, 0.3) is 0 Å². The number of ether oxygens (including phenoxy) is 1. The van der Waals surface area contributed by atoms with Gasteiger partial charge in [0.25, 0.3) is 5.91 Å². The number of anilines is 1. The summed E-state index contributed by atoms with van der Waals surface area (Å²) >= 11 is 5.51. The predicted octanol–water partition coefficient (Wildman–Crippen LogP) is 1.04. The van der Waals surface area contributed by atoms with Crippen LogP contribution in [0.4, 0.5) is 5.69 Å². The molecule has 0 saturated heterocycles. The van der Waals surface area contributed by atoms with E-state index in [1.165, 1.54) is 0 Å². The van der Waals surface area contributed by atoms with Crippen molar-refractivity contribution in [1.29, 1.82) is 0 Å². The first-order valence-electron chi connectivity index (χ1n) is 5.60. The summed E-state index contributed by atoms with van der Waals surface area (Å²) in [6.45, 7) is -0.0101. The number of aliphatic hydroxyl groups is 2. The highest BCUT2D eigenvalue weighted by Gasteiger charge is 2.21. The molecule has 0 aromatic heterocycles. The summed E-state index contributed by atoms with van der Waals surface area (Å²) < 4.78 is 5.20. The van der Waals surface area contributed by atoms with E-state index in [4.69, 9.17) is 16.3 Å². The lowest BCUT2D eigenvalue weighted by molar-refractivity contribution is -0.118. The molecule has 6 heteroatoms. The van der Waals surface area contributed by atoms with Crippen LogP contribution in [0.1, 0.15) is 18.1 Å². The zero-order chi connectivity index (χ0) is 13.1. The van der Waals surface area contributed by atoms with Crippen LogP contribution in [0.2, 0.25) is 0 Å². The second kappa shape index (κ2) is 5.56. The number of amides is 1. The van der Waals surface area contributed by atoms with Gasteiger partial charge in [0.2, 0.25) is 0 Å². The quantitative estimate of drug-likeness (QED) is 0.715. The molecule has 0 saturated carbocycles. The van der Waals surface area contributed by atoms with E-state index >= 15 is 0 Å². The standard InChI is InChI=1S/C12H14ClNO4/c13-4-3-9(15)12(17)7-1-2-10-8(5-7)14-11(16)6-18-10/h1-2,5,9,12,15,17H,3-4,6H2,(H,14,16). The lowest BCUT2D eigenvalue weighted by Gasteiger charge is -2.21. The van der Waals surface area contributed by atoms with Crippen LogP contribution < -0.4 is 10.1 Å². The van der Waals surface area contributed by atoms with Gasteiger partial charge in [0, 0.05) is 5.88 Å². The molecular weight excluding hydrogens is 258 g/mol. The molecule has 1 heterocycles. The molecule has 18 heavy (non-hydrogen) atoms. The summed E-state index contributed by atoms with van der Waals surface area (Å²) in [5.41, 5.74) is 1.01. The van der Waals surface area contributed by atoms with Gasteiger partial charge in [-0.1, -0.05) is 6.07 Å². The predicted molar refractivity (Wildman–Crippen MR) is 66.9 cm³/mol. The van der Waals surface area contributed by atoms with Gasteiger partial charge in [0.1, 0.15) is 11.9 Å². The van der Waals surface area contributed by atoms with Gasteiger partial charge in [-0.25, -0.2) is 0 Å². The monoisotopic (exact) mass is 271 g/mol. The maximum Gasteiger partial charge on any atom is 0.262 e. The van der Waals surface area contributed by atoms with Crippen molar-refractivity contribution >= 4 is 23.2 Å². The van der Waals surface area contributed by atoms with Gasteiger partial charge < -0.3 is 20.3 Å². The van der Waals surface area contributed by atoms with Crippen molar-refractivity contribution in [2.75, 3.05) is 17.8 Å². The van der Waals surface area contributed by atoms with Gasteiger partial charge in [-0.3, -0.25) is 4.79 Å². The van der Waals surface area contributed by atoms with Crippen LogP contribution in [-0.2, 0) is 4.79 Å². The molecule has 0 bridgehead atoms. The minimum Gasteiger partial charge on any atom is -0.482 e. The molecule has 1 aromatic rings. The Morgan fingerprint density at radius 1 is 1.44 bits per heavy atom. The molecule has 3 N–H and O–H groups in total. The van der Waals surface area contributed by atoms with E-state index in [2.05, 4.69) is 5.32 Å². The summed E-state index contributed by atoms with van der Waals surface area (Å²) in [6.07, 6.45) is -1.67. The number of carbonyl (C=O) groups excluding carboxylic acids is 1. The Kier molecular flexibility index (Phi) is 4.06. The maximum atomic E-state index is 11.2. The molecule has 1 aliphatic rings. The number of halogens is 1. The number of aliphatic hydroxyl groups excluding tert-OH is 2. The third-order valence-electron chi connectivity index (χ3n) is 2.75. The number of carbonyl (C=O) groups is 1. The number of alkyl halides is 1. The van der Waals surface area contributed by atoms with Crippen LogP contribution in [0, 0.1) is 0 Å². The maximum absolute atomic E-state index is 11.2. The van der Waals surface area contributed by atoms with Crippen LogP contribution in [0.5, 0.6) is 5.75 Å². The Hall–Kier alpha value is -1.30. The molecule has 1 aromatic carbocycles. The molecule has 0 spiro atoms. The van der Waals surface area contributed by atoms with E-state index in [1.54, 1.807) is 18.2 Å². The van der Waals surface area contributed by atoms with Crippen LogP contribution in [0.15, 0.2) is 18.2 Å². The van der Waals surface area contributed by atoms with E-state index in [9.17, 15) is 15.0 Å². The number of nitrogens with one attached hydrogen (secondary N) is 1. The van der Waals surface area contributed by atoms with Crippen molar-refractivity contribution < 1.29 is 19.7 Å². The summed E-state index contributed by atoms with van der Waals surface area (Å²) in [5, 5.41) is 22.2. The Bertz CT molecular complexity index is 452. The van der Waals surface area contributed by atoms with Gasteiger partial charge >= 0.3 is 0 Å². The minimum atomic E-state index is -1.03. The molecule has 1 aliphatic heterocycles. The van der Waals surface area contributed by atoms with Gasteiger partial charge in [-0.15, -0.1) is 11.6 Å². The smallest absolute Gasteiger partial charge is 0.262 e. The average Bonchev–Trinajstić information content (AvgIpc) is 2.37. The summed E-state index contributed by atoms with van der Waals surface area (Å²) in [5.74, 6) is 0.580. The first-order valence-corrected chi connectivity index (χ1v) is 6.14. The molecule has 0 radical (unpaired) electrons. The molecule has 0 fully saturated rings. The molecule has 1 amide bonds. The fourth-order valence-corrected chi connectivity index (χ4v) is 2.00. The second-order valence-electron chi connectivity index (χ2n) is 4.08. The number of hydrogen-bond donors (Lipinski definition) is 3. The fourth-order valence-electron chi connectivity index (χ4n) is 1.78. The first-order chi connectivity index (χ1) is 8.61. The first kappa shape index (κ1) is 13.1. The summed E-state index contributed by atoms with van der Waals surface area (Å²) in [6, 6.07) is 4.90. The number of hydrogen-bond acceptors (Lipinski definition) is 4. The van der Waals surface area contributed by atoms with Crippen LogP contribution in [-0.4, -0.2) is 34.7 Å². The normalized spacial score (nSPS) is 17.4. The van der Waals surface area contributed by atoms with Gasteiger partial charge in [0.05, 0.1) is 11.8 Å². The van der Waals surface area contributed by atoms with Crippen molar-refractivity contribution in [3.63, 3.8) is 0 Å². The molecule has 0 aliphatic carbocycles. The topological polar surface area (TPSA) is 78.8 Å². The third kappa shape index (κ3) is 2.75. The van der Waals surface area contributed by atoms with E-state index in [1.807, 2.05) is 0 Å². The Morgan fingerprint density at radius 3 is 2.94 bits per heavy atom. The number of rotatable bonds is 4. The molecule has 2 rings (SSSR count). The summed E-state index contributed by atoms with van der Waals surface area (Å²) in [4.78, 5) is 11.2. The molecule has 2 unspecified atom stereocenters. The highest BCUT2D eigenvalue weighted by atomic mass is 35.5.